The Morgan fingerprint density at radius 3 is 2.62 bits per heavy atom. The van der Waals surface area contributed by atoms with Crippen LogP contribution < -0.4 is 14.8 Å². The van der Waals surface area contributed by atoms with E-state index in [1.807, 2.05) is 37.3 Å². The van der Waals surface area contributed by atoms with E-state index in [1.54, 1.807) is 17.4 Å². The van der Waals surface area contributed by atoms with E-state index in [4.69, 9.17) is 9.47 Å². The number of thiophene rings is 1. The van der Waals surface area contributed by atoms with Crippen LogP contribution in [0.25, 0.3) is 0 Å². The number of ether oxygens (including phenoxy) is 2. The first-order chi connectivity index (χ1) is 10.1. The number of nitrogens with one attached hydrogen (secondary N) is 1. The van der Waals surface area contributed by atoms with Crippen molar-refractivity contribution in [2.75, 3.05) is 0 Å². The van der Waals surface area contributed by atoms with Gasteiger partial charge in [0.1, 0.15) is 6.10 Å². The molecule has 0 aliphatic carbocycles. The Morgan fingerprint density at radius 1 is 1.24 bits per heavy atom. The SMILES string of the molecule is CC1Oc2ccccc2OC1C(=O)NCc1ccc(Br)s1. The molecule has 2 heterocycles. The highest BCUT2D eigenvalue weighted by atomic mass is 79.9. The largest absolute Gasteiger partial charge is 0.482 e. The van der Waals surface area contributed by atoms with Crippen LogP contribution in [-0.2, 0) is 11.3 Å². The predicted molar refractivity (Wildman–Crippen MR) is 84.8 cm³/mol. The first-order valence-electron chi connectivity index (χ1n) is 6.58. The van der Waals surface area contributed by atoms with E-state index < -0.39 is 6.10 Å². The highest BCUT2D eigenvalue weighted by Crippen LogP contribution is 2.33. The van der Waals surface area contributed by atoms with E-state index in [9.17, 15) is 4.79 Å². The van der Waals surface area contributed by atoms with Gasteiger partial charge in [0.05, 0.1) is 10.3 Å². The van der Waals surface area contributed by atoms with Gasteiger partial charge >= 0.3 is 0 Å². The van der Waals surface area contributed by atoms with Crippen LogP contribution in [0, 0.1) is 0 Å². The maximum atomic E-state index is 12.3. The number of halogens is 1. The number of para-hydroxylation sites is 2. The minimum atomic E-state index is -0.636. The van der Waals surface area contributed by atoms with Gasteiger partial charge in [0.15, 0.2) is 11.5 Å². The maximum absolute atomic E-state index is 12.3. The zero-order valence-corrected chi connectivity index (χ0v) is 13.7. The second-order valence-electron chi connectivity index (χ2n) is 4.73. The second-order valence-corrected chi connectivity index (χ2v) is 7.28. The molecule has 2 atom stereocenters. The number of amides is 1. The third-order valence-electron chi connectivity index (χ3n) is 3.17. The lowest BCUT2D eigenvalue weighted by atomic mass is 10.1. The van der Waals surface area contributed by atoms with E-state index in [-0.39, 0.29) is 12.0 Å². The molecule has 21 heavy (non-hydrogen) atoms. The normalized spacial score (nSPS) is 20.1. The smallest absolute Gasteiger partial charge is 0.265 e. The fourth-order valence-corrected chi connectivity index (χ4v) is 3.55. The monoisotopic (exact) mass is 367 g/mol. The minimum absolute atomic E-state index is 0.165. The Balaban J connectivity index is 1.65. The van der Waals surface area contributed by atoms with Gasteiger partial charge in [0, 0.05) is 4.88 Å². The number of hydrogen-bond donors (Lipinski definition) is 1. The summed E-state index contributed by atoms with van der Waals surface area (Å²) in [5.41, 5.74) is 0. The minimum Gasteiger partial charge on any atom is -0.482 e. The number of rotatable bonds is 3. The first kappa shape index (κ1) is 14.4. The molecule has 4 nitrogen and oxygen atoms in total. The summed E-state index contributed by atoms with van der Waals surface area (Å²) in [6.07, 6.45) is -0.960. The van der Waals surface area contributed by atoms with Crippen molar-refractivity contribution >= 4 is 33.2 Å². The third kappa shape index (κ3) is 3.22. The van der Waals surface area contributed by atoms with Crippen molar-refractivity contribution in [3.05, 3.63) is 45.1 Å². The fourth-order valence-electron chi connectivity index (χ4n) is 2.13. The molecule has 6 heteroatoms. The molecule has 0 bridgehead atoms. The summed E-state index contributed by atoms with van der Waals surface area (Å²) in [5.74, 6) is 1.12. The van der Waals surface area contributed by atoms with Crippen LogP contribution in [0.3, 0.4) is 0 Å². The van der Waals surface area contributed by atoms with Crippen molar-refractivity contribution in [2.24, 2.45) is 0 Å². The lowest BCUT2D eigenvalue weighted by Gasteiger charge is -2.30. The van der Waals surface area contributed by atoms with E-state index in [0.717, 1.165) is 8.66 Å². The van der Waals surface area contributed by atoms with Gasteiger partial charge in [-0.15, -0.1) is 11.3 Å². The maximum Gasteiger partial charge on any atom is 0.265 e. The van der Waals surface area contributed by atoms with Gasteiger partial charge in [0.25, 0.3) is 5.91 Å². The lowest BCUT2D eigenvalue weighted by Crippen LogP contribution is -2.48. The molecule has 0 saturated heterocycles. The molecule has 1 N–H and O–H groups in total. The molecule has 110 valence electrons. The van der Waals surface area contributed by atoms with Gasteiger partial charge in [-0.1, -0.05) is 12.1 Å². The second kappa shape index (κ2) is 6.07. The molecule has 2 aromatic rings. The van der Waals surface area contributed by atoms with E-state index in [1.165, 1.54) is 0 Å². The average Bonchev–Trinajstić information content (AvgIpc) is 2.89. The van der Waals surface area contributed by atoms with Crippen molar-refractivity contribution in [1.82, 2.24) is 5.32 Å². The van der Waals surface area contributed by atoms with Gasteiger partial charge in [-0.2, -0.15) is 0 Å². The Morgan fingerprint density at radius 2 is 1.95 bits per heavy atom. The van der Waals surface area contributed by atoms with Crippen LogP contribution in [0.15, 0.2) is 40.2 Å². The Labute approximate surface area is 135 Å². The molecule has 0 fully saturated rings. The van der Waals surface area contributed by atoms with Crippen LogP contribution in [0.1, 0.15) is 11.8 Å². The molecule has 1 aromatic carbocycles. The van der Waals surface area contributed by atoms with Crippen LogP contribution in [0.5, 0.6) is 11.5 Å². The molecule has 0 saturated carbocycles. The van der Waals surface area contributed by atoms with Crippen molar-refractivity contribution in [1.29, 1.82) is 0 Å². The van der Waals surface area contributed by atoms with Crippen molar-refractivity contribution in [2.45, 2.75) is 25.7 Å². The molecule has 1 amide bonds. The van der Waals surface area contributed by atoms with Gasteiger partial charge in [-0.25, -0.2) is 0 Å². The lowest BCUT2D eigenvalue weighted by molar-refractivity contribution is -0.133. The first-order valence-corrected chi connectivity index (χ1v) is 8.19. The van der Waals surface area contributed by atoms with Crippen molar-refractivity contribution in [3.63, 3.8) is 0 Å². The average molecular weight is 368 g/mol. The molecule has 1 aromatic heterocycles. The summed E-state index contributed by atoms with van der Waals surface area (Å²) in [7, 11) is 0. The number of fused-ring (bicyclic) bond motifs is 1. The summed E-state index contributed by atoms with van der Waals surface area (Å²) in [5, 5.41) is 2.89. The fraction of sp³-hybridized carbons (Fsp3) is 0.267. The zero-order valence-electron chi connectivity index (χ0n) is 11.3. The highest BCUT2D eigenvalue weighted by Gasteiger charge is 2.33. The van der Waals surface area contributed by atoms with Crippen LogP contribution in [0.2, 0.25) is 0 Å². The highest BCUT2D eigenvalue weighted by molar-refractivity contribution is 9.11. The number of hydrogen-bond acceptors (Lipinski definition) is 4. The van der Waals surface area contributed by atoms with Crippen LogP contribution in [-0.4, -0.2) is 18.1 Å². The van der Waals surface area contributed by atoms with Crippen molar-refractivity contribution < 1.29 is 14.3 Å². The summed E-state index contributed by atoms with van der Waals surface area (Å²) in [6.45, 7) is 2.32. The molecular weight excluding hydrogens is 354 g/mol. The summed E-state index contributed by atoms with van der Waals surface area (Å²) >= 11 is 5.00. The topological polar surface area (TPSA) is 47.6 Å². The standard InChI is InChI=1S/C15H14BrNO3S/c1-9-14(20-12-5-3-2-4-11(12)19-9)15(18)17-8-10-6-7-13(16)21-10/h2-7,9,14H,8H2,1H3,(H,17,18). The van der Waals surface area contributed by atoms with Crippen molar-refractivity contribution in [3.8, 4) is 11.5 Å². The molecule has 1 aliphatic heterocycles. The molecule has 2 unspecified atom stereocenters. The quantitative estimate of drug-likeness (QED) is 0.904. The molecule has 1 aliphatic rings. The van der Waals surface area contributed by atoms with Crippen LogP contribution in [0.4, 0.5) is 0 Å². The van der Waals surface area contributed by atoms with E-state index in [0.29, 0.717) is 18.0 Å². The number of carbonyl (C=O) groups excluding carboxylic acids is 1. The van der Waals surface area contributed by atoms with Gasteiger partial charge in [-0.05, 0) is 47.1 Å². The van der Waals surface area contributed by atoms with Gasteiger partial charge < -0.3 is 14.8 Å². The van der Waals surface area contributed by atoms with Gasteiger partial charge in [-0.3, -0.25) is 4.79 Å². The molecule has 0 radical (unpaired) electrons. The molecule has 3 rings (SSSR count). The molecular formula is C15H14BrNO3S. The Bertz CT molecular complexity index is 658. The number of benzene rings is 1. The summed E-state index contributed by atoms with van der Waals surface area (Å²) < 4.78 is 12.5. The van der Waals surface area contributed by atoms with Crippen LogP contribution >= 0.6 is 27.3 Å². The van der Waals surface area contributed by atoms with Gasteiger partial charge in [0.2, 0.25) is 6.10 Å². The van der Waals surface area contributed by atoms with E-state index in [2.05, 4.69) is 21.2 Å². The van der Waals surface area contributed by atoms with E-state index >= 15 is 0 Å². The summed E-state index contributed by atoms with van der Waals surface area (Å²) in [4.78, 5) is 13.4. The Hall–Kier alpha value is -1.53. The Kier molecular flexibility index (Phi) is 4.17. The summed E-state index contributed by atoms with van der Waals surface area (Å²) in [6, 6.07) is 11.3. The molecule has 0 spiro atoms. The predicted octanol–water partition coefficient (Wildman–Crippen LogP) is 3.36. The number of carbonyl (C=O) groups is 1. The zero-order chi connectivity index (χ0) is 14.8. The third-order valence-corrected chi connectivity index (χ3v) is 4.79.